The molecule has 25 heavy (non-hydrogen) atoms. The van der Waals surface area contributed by atoms with Crippen LogP contribution in [0.2, 0.25) is 0 Å². The third kappa shape index (κ3) is 3.60. The Hall–Kier alpha value is -2.96. The number of hydrogen-bond acceptors (Lipinski definition) is 4. The highest BCUT2D eigenvalue weighted by atomic mass is 19.1. The number of amides is 2. The molecular formula is C18H18FN3O3. The van der Waals surface area contributed by atoms with Gasteiger partial charge >= 0.3 is 0 Å². The molecule has 0 saturated heterocycles. The standard InChI is InChI=1S/C18H18FN3O3/c1-18(2)17(24)22(13-5-3-4-6-14(13)25-18)10-9-16(23)21-15-8-7-12(19)11-20-15/h3-8,11H,9-10H2,1-2H3,(H,20,21,23). The van der Waals surface area contributed by atoms with Gasteiger partial charge in [0.15, 0.2) is 5.60 Å². The Morgan fingerprint density at radius 1 is 1.28 bits per heavy atom. The molecule has 1 N–H and O–H groups in total. The fraction of sp³-hybridized carbons (Fsp3) is 0.278. The molecule has 0 radical (unpaired) electrons. The molecule has 2 heterocycles. The molecule has 1 aromatic heterocycles. The Balaban J connectivity index is 1.70. The van der Waals surface area contributed by atoms with E-state index in [4.69, 9.17) is 4.74 Å². The number of rotatable bonds is 4. The van der Waals surface area contributed by atoms with Gasteiger partial charge in [-0.05, 0) is 38.1 Å². The Morgan fingerprint density at radius 2 is 2.04 bits per heavy atom. The SMILES string of the molecule is CC1(C)Oc2ccccc2N(CCC(=O)Nc2ccc(F)cn2)C1=O. The van der Waals surface area contributed by atoms with Crippen molar-refractivity contribution in [3.8, 4) is 5.75 Å². The van der Waals surface area contributed by atoms with Gasteiger partial charge in [0.1, 0.15) is 17.4 Å². The molecule has 0 saturated carbocycles. The molecule has 0 unspecified atom stereocenters. The minimum Gasteiger partial charge on any atom is -0.476 e. The van der Waals surface area contributed by atoms with Crippen molar-refractivity contribution in [1.29, 1.82) is 0 Å². The highest BCUT2D eigenvalue weighted by molar-refractivity contribution is 6.03. The van der Waals surface area contributed by atoms with E-state index in [0.717, 1.165) is 6.20 Å². The van der Waals surface area contributed by atoms with E-state index in [9.17, 15) is 14.0 Å². The lowest BCUT2D eigenvalue weighted by Gasteiger charge is -2.38. The number of nitrogens with one attached hydrogen (secondary N) is 1. The monoisotopic (exact) mass is 343 g/mol. The van der Waals surface area contributed by atoms with Gasteiger partial charge in [0.2, 0.25) is 5.91 Å². The molecule has 1 aliphatic rings. The fourth-order valence-corrected chi connectivity index (χ4v) is 2.61. The van der Waals surface area contributed by atoms with Crippen LogP contribution in [0.5, 0.6) is 5.75 Å². The number of hydrogen-bond donors (Lipinski definition) is 1. The second-order valence-corrected chi connectivity index (χ2v) is 6.20. The van der Waals surface area contributed by atoms with E-state index in [-0.39, 0.29) is 30.6 Å². The second-order valence-electron chi connectivity index (χ2n) is 6.20. The predicted octanol–water partition coefficient (Wildman–Crippen LogP) is 2.75. The summed E-state index contributed by atoms with van der Waals surface area (Å²) in [5.41, 5.74) is -0.358. The van der Waals surface area contributed by atoms with E-state index < -0.39 is 11.4 Å². The maximum atomic E-state index is 12.8. The number of anilines is 2. The number of benzene rings is 1. The number of para-hydroxylation sites is 2. The molecule has 0 spiro atoms. The molecule has 1 aliphatic heterocycles. The van der Waals surface area contributed by atoms with Crippen molar-refractivity contribution in [2.24, 2.45) is 0 Å². The van der Waals surface area contributed by atoms with Crippen molar-refractivity contribution in [1.82, 2.24) is 4.98 Å². The van der Waals surface area contributed by atoms with Crippen LogP contribution in [0.3, 0.4) is 0 Å². The zero-order valence-electron chi connectivity index (χ0n) is 14.0. The van der Waals surface area contributed by atoms with Gasteiger partial charge in [0.25, 0.3) is 5.91 Å². The number of fused-ring (bicyclic) bond motifs is 1. The summed E-state index contributed by atoms with van der Waals surface area (Å²) in [7, 11) is 0. The van der Waals surface area contributed by atoms with Gasteiger partial charge < -0.3 is 15.0 Å². The molecule has 0 aliphatic carbocycles. The van der Waals surface area contributed by atoms with Gasteiger partial charge in [0, 0.05) is 13.0 Å². The Morgan fingerprint density at radius 3 is 2.76 bits per heavy atom. The second kappa shape index (κ2) is 6.51. The van der Waals surface area contributed by atoms with Crippen LogP contribution < -0.4 is 15.0 Å². The van der Waals surface area contributed by atoms with E-state index in [2.05, 4.69) is 10.3 Å². The number of nitrogens with zero attached hydrogens (tertiary/aromatic N) is 2. The van der Waals surface area contributed by atoms with Crippen LogP contribution >= 0.6 is 0 Å². The number of aromatic nitrogens is 1. The smallest absolute Gasteiger partial charge is 0.270 e. The molecule has 7 heteroatoms. The first-order chi connectivity index (χ1) is 11.9. The summed E-state index contributed by atoms with van der Waals surface area (Å²) < 4.78 is 18.6. The minimum atomic E-state index is -0.997. The summed E-state index contributed by atoms with van der Waals surface area (Å²) in [6, 6.07) is 9.80. The topological polar surface area (TPSA) is 71.5 Å². The van der Waals surface area contributed by atoms with Crippen LogP contribution in [-0.2, 0) is 9.59 Å². The molecule has 2 amide bonds. The quantitative estimate of drug-likeness (QED) is 0.927. The van der Waals surface area contributed by atoms with Gasteiger partial charge in [-0.25, -0.2) is 9.37 Å². The molecule has 2 aromatic rings. The van der Waals surface area contributed by atoms with Crippen molar-refractivity contribution < 1.29 is 18.7 Å². The number of pyridine rings is 1. The summed E-state index contributed by atoms with van der Waals surface area (Å²) in [6.45, 7) is 3.59. The highest BCUT2D eigenvalue weighted by Crippen LogP contribution is 2.37. The normalized spacial score (nSPS) is 15.3. The van der Waals surface area contributed by atoms with Crippen LogP contribution in [0.1, 0.15) is 20.3 Å². The van der Waals surface area contributed by atoms with Gasteiger partial charge in [-0.3, -0.25) is 9.59 Å². The third-order valence-electron chi connectivity index (χ3n) is 3.84. The molecule has 1 aromatic carbocycles. The summed E-state index contributed by atoms with van der Waals surface area (Å²) in [4.78, 5) is 30.1. The molecule has 130 valence electrons. The Kier molecular flexibility index (Phi) is 4.39. The van der Waals surface area contributed by atoms with E-state index in [1.165, 1.54) is 12.1 Å². The van der Waals surface area contributed by atoms with Crippen LogP contribution in [0, 0.1) is 5.82 Å². The molecule has 0 bridgehead atoms. The molecule has 3 rings (SSSR count). The maximum Gasteiger partial charge on any atom is 0.270 e. The first-order valence-electron chi connectivity index (χ1n) is 7.88. The summed E-state index contributed by atoms with van der Waals surface area (Å²) in [6.07, 6.45) is 1.11. The first kappa shape index (κ1) is 16.9. The molecular weight excluding hydrogens is 325 g/mol. The van der Waals surface area contributed by atoms with E-state index in [1.807, 2.05) is 12.1 Å². The number of carbonyl (C=O) groups excluding carboxylic acids is 2. The van der Waals surface area contributed by atoms with Crippen molar-refractivity contribution in [3.05, 3.63) is 48.4 Å². The van der Waals surface area contributed by atoms with E-state index in [1.54, 1.807) is 30.9 Å². The third-order valence-corrected chi connectivity index (χ3v) is 3.84. The summed E-state index contributed by atoms with van der Waals surface area (Å²) >= 11 is 0. The molecule has 0 atom stereocenters. The van der Waals surface area contributed by atoms with Gasteiger partial charge in [-0.15, -0.1) is 0 Å². The Labute approximate surface area is 144 Å². The van der Waals surface area contributed by atoms with E-state index >= 15 is 0 Å². The van der Waals surface area contributed by atoms with Crippen molar-refractivity contribution in [2.75, 3.05) is 16.8 Å². The highest BCUT2D eigenvalue weighted by Gasteiger charge is 2.40. The fourth-order valence-electron chi connectivity index (χ4n) is 2.61. The summed E-state index contributed by atoms with van der Waals surface area (Å²) in [5.74, 6) is -0.128. The van der Waals surface area contributed by atoms with Gasteiger partial charge in [0.05, 0.1) is 11.9 Å². The van der Waals surface area contributed by atoms with Crippen LogP contribution in [-0.4, -0.2) is 28.9 Å². The minimum absolute atomic E-state index is 0.0786. The number of ether oxygens (including phenoxy) is 1. The number of carbonyl (C=O) groups is 2. The molecule has 0 fully saturated rings. The lowest BCUT2D eigenvalue weighted by atomic mass is 10.0. The first-order valence-corrected chi connectivity index (χ1v) is 7.88. The van der Waals surface area contributed by atoms with Crippen LogP contribution in [0.15, 0.2) is 42.6 Å². The van der Waals surface area contributed by atoms with Gasteiger partial charge in [-0.1, -0.05) is 12.1 Å². The Bertz CT molecular complexity index is 805. The molecule has 6 nitrogen and oxygen atoms in total. The van der Waals surface area contributed by atoms with Crippen molar-refractivity contribution in [2.45, 2.75) is 25.9 Å². The average Bonchev–Trinajstić information content (AvgIpc) is 2.57. The largest absolute Gasteiger partial charge is 0.476 e. The lowest BCUT2D eigenvalue weighted by molar-refractivity contribution is -0.132. The maximum absolute atomic E-state index is 12.8. The van der Waals surface area contributed by atoms with Crippen molar-refractivity contribution >= 4 is 23.3 Å². The van der Waals surface area contributed by atoms with Crippen LogP contribution in [0.25, 0.3) is 0 Å². The summed E-state index contributed by atoms with van der Waals surface area (Å²) in [5, 5.41) is 2.58. The average molecular weight is 343 g/mol. The predicted molar refractivity (Wildman–Crippen MR) is 90.9 cm³/mol. The zero-order chi connectivity index (χ0) is 18.0. The van der Waals surface area contributed by atoms with Crippen molar-refractivity contribution in [3.63, 3.8) is 0 Å². The van der Waals surface area contributed by atoms with E-state index in [0.29, 0.717) is 11.4 Å². The lowest BCUT2D eigenvalue weighted by Crippen LogP contribution is -2.53. The van der Waals surface area contributed by atoms with Crippen LogP contribution in [0.4, 0.5) is 15.9 Å². The zero-order valence-corrected chi connectivity index (χ0v) is 14.0. The number of halogens is 1. The van der Waals surface area contributed by atoms with Gasteiger partial charge in [-0.2, -0.15) is 0 Å².